The number of benzene rings is 2. The van der Waals surface area contributed by atoms with E-state index in [1.165, 1.54) is 23.0 Å². The SMILES string of the molecule is O=C(Nc1ccc2c(c1)OCO2)C1CCN(C(=O)Cn2cnc3ccc(F)cc3c2=O)CC1. The van der Waals surface area contributed by atoms with E-state index in [0.717, 1.165) is 6.07 Å². The number of anilines is 1. The maximum absolute atomic E-state index is 13.5. The zero-order chi connectivity index (χ0) is 22.9. The van der Waals surface area contributed by atoms with Crippen LogP contribution in [0.5, 0.6) is 11.5 Å². The molecule has 0 spiro atoms. The molecule has 0 bridgehead atoms. The fourth-order valence-corrected chi connectivity index (χ4v) is 4.10. The van der Waals surface area contributed by atoms with Crippen LogP contribution in [-0.4, -0.2) is 46.1 Å². The van der Waals surface area contributed by atoms with Crippen molar-refractivity contribution >= 4 is 28.4 Å². The summed E-state index contributed by atoms with van der Waals surface area (Å²) >= 11 is 0. The van der Waals surface area contributed by atoms with E-state index < -0.39 is 11.4 Å². The number of likely N-dealkylation sites (tertiary alicyclic amines) is 1. The van der Waals surface area contributed by atoms with E-state index in [1.54, 1.807) is 23.1 Å². The molecule has 3 heterocycles. The number of nitrogens with zero attached hydrogens (tertiary/aromatic N) is 3. The van der Waals surface area contributed by atoms with Crippen LogP contribution in [0.3, 0.4) is 0 Å². The van der Waals surface area contributed by atoms with Crippen LogP contribution < -0.4 is 20.3 Å². The van der Waals surface area contributed by atoms with Crippen molar-refractivity contribution in [2.45, 2.75) is 19.4 Å². The summed E-state index contributed by atoms with van der Waals surface area (Å²) in [6, 6.07) is 9.01. The molecule has 170 valence electrons. The van der Waals surface area contributed by atoms with Crippen LogP contribution in [0.4, 0.5) is 10.1 Å². The van der Waals surface area contributed by atoms with Gasteiger partial charge in [-0.3, -0.25) is 19.0 Å². The minimum absolute atomic E-state index is 0.113. The van der Waals surface area contributed by atoms with Gasteiger partial charge >= 0.3 is 0 Å². The number of hydrogen-bond acceptors (Lipinski definition) is 6. The highest BCUT2D eigenvalue weighted by Crippen LogP contribution is 2.34. The first-order valence-corrected chi connectivity index (χ1v) is 10.6. The van der Waals surface area contributed by atoms with Crippen molar-refractivity contribution < 1.29 is 23.5 Å². The molecular formula is C23H21FN4O5. The van der Waals surface area contributed by atoms with Gasteiger partial charge < -0.3 is 19.7 Å². The van der Waals surface area contributed by atoms with Crippen LogP contribution in [0.1, 0.15) is 12.8 Å². The van der Waals surface area contributed by atoms with E-state index in [-0.39, 0.29) is 36.5 Å². The first-order chi connectivity index (χ1) is 16.0. The molecule has 5 rings (SSSR count). The molecule has 0 unspecified atom stereocenters. The molecule has 1 N–H and O–H groups in total. The monoisotopic (exact) mass is 452 g/mol. The second kappa shape index (κ2) is 8.53. The minimum atomic E-state index is -0.536. The van der Waals surface area contributed by atoms with Gasteiger partial charge in [-0.2, -0.15) is 0 Å². The molecule has 2 aliphatic rings. The topological polar surface area (TPSA) is 103 Å². The molecule has 1 saturated heterocycles. The summed E-state index contributed by atoms with van der Waals surface area (Å²) in [5.74, 6) is 0.112. The van der Waals surface area contributed by atoms with Gasteiger partial charge in [0, 0.05) is 30.8 Å². The molecule has 10 heteroatoms. The molecule has 2 aromatic carbocycles. The van der Waals surface area contributed by atoms with Crippen molar-refractivity contribution in [1.82, 2.24) is 14.5 Å². The van der Waals surface area contributed by atoms with Crippen LogP contribution >= 0.6 is 0 Å². The molecule has 0 saturated carbocycles. The van der Waals surface area contributed by atoms with Gasteiger partial charge in [0.2, 0.25) is 18.6 Å². The lowest BCUT2D eigenvalue weighted by Crippen LogP contribution is -2.43. The predicted molar refractivity (Wildman–Crippen MR) is 116 cm³/mol. The highest BCUT2D eigenvalue weighted by Gasteiger charge is 2.28. The van der Waals surface area contributed by atoms with E-state index in [4.69, 9.17) is 9.47 Å². The third kappa shape index (κ3) is 4.23. The number of aromatic nitrogens is 2. The van der Waals surface area contributed by atoms with E-state index in [1.807, 2.05) is 0 Å². The Bertz CT molecular complexity index is 1300. The van der Waals surface area contributed by atoms with Crippen molar-refractivity contribution in [2.75, 3.05) is 25.2 Å². The van der Waals surface area contributed by atoms with Crippen LogP contribution in [0.25, 0.3) is 10.9 Å². The number of ether oxygens (including phenoxy) is 2. The fraction of sp³-hybridized carbons (Fsp3) is 0.304. The molecular weight excluding hydrogens is 431 g/mol. The summed E-state index contributed by atoms with van der Waals surface area (Å²) in [6.07, 6.45) is 2.32. The molecule has 0 aliphatic carbocycles. The zero-order valence-corrected chi connectivity index (χ0v) is 17.6. The molecule has 1 fully saturated rings. The molecule has 33 heavy (non-hydrogen) atoms. The number of carbonyl (C=O) groups is 2. The molecule has 9 nitrogen and oxygen atoms in total. The summed E-state index contributed by atoms with van der Waals surface area (Å²) in [5, 5.41) is 3.02. The Morgan fingerprint density at radius 2 is 1.88 bits per heavy atom. The number of nitrogens with one attached hydrogen (secondary N) is 1. The van der Waals surface area contributed by atoms with Crippen molar-refractivity contribution in [2.24, 2.45) is 5.92 Å². The minimum Gasteiger partial charge on any atom is -0.454 e. The van der Waals surface area contributed by atoms with Crippen LogP contribution in [-0.2, 0) is 16.1 Å². The predicted octanol–water partition coefficient (Wildman–Crippen LogP) is 2.14. The van der Waals surface area contributed by atoms with Gasteiger partial charge in [-0.25, -0.2) is 9.37 Å². The molecule has 2 aliphatic heterocycles. The van der Waals surface area contributed by atoms with Gasteiger partial charge in [0.05, 0.1) is 17.2 Å². The van der Waals surface area contributed by atoms with E-state index >= 15 is 0 Å². The Hall–Kier alpha value is -3.95. The lowest BCUT2D eigenvalue weighted by molar-refractivity contribution is -0.135. The van der Waals surface area contributed by atoms with Gasteiger partial charge in [0.15, 0.2) is 11.5 Å². The molecule has 1 aromatic heterocycles. The molecule has 0 radical (unpaired) electrons. The van der Waals surface area contributed by atoms with Crippen molar-refractivity contribution in [3.8, 4) is 11.5 Å². The second-order valence-corrected chi connectivity index (χ2v) is 8.05. The van der Waals surface area contributed by atoms with Gasteiger partial charge in [0.1, 0.15) is 12.4 Å². The fourth-order valence-electron chi connectivity index (χ4n) is 4.10. The van der Waals surface area contributed by atoms with Crippen molar-refractivity contribution in [3.05, 3.63) is 58.9 Å². The number of halogens is 1. The normalized spacial score (nSPS) is 15.6. The number of carbonyl (C=O) groups excluding carboxylic acids is 2. The standard InChI is InChI=1S/C23H21FN4O5/c24-15-1-3-18-17(9-15)23(31)28(12-25-18)11-21(29)27-7-5-14(6-8-27)22(30)26-16-2-4-19-20(10-16)33-13-32-19/h1-4,9-10,12,14H,5-8,11,13H2,(H,26,30). The highest BCUT2D eigenvalue weighted by molar-refractivity contribution is 5.93. The Balaban J connectivity index is 1.18. The molecule has 0 atom stereocenters. The van der Waals surface area contributed by atoms with Crippen LogP contribution in [0.15, 0.2) is 47.5 Å². The number of fused-ring (bicyclic) bond motifs is 2. The Kier molecular flexibility index (Phi) is 5.41. The lowest BCUT2D eigenvalue weighted by Gasteiger charge is -2.31. The van der Waals surface area contributed by atoms with Gasteiger partial charge in [-0.05, 0) is 43.2 Å². The van der Waals surface area contributed by atoms with Gasteiger partial charge in [-0.15, -0.1) is 0 Å². The summed E-state index contributed by atoms with van der Waals surface area (Å²) in [6.45, 7) is 0.786. The average Bonchev–Trinajstić information content (AvgIpc) is 3.29. The van der Waals surface area contributed by atoms with E-state index in [0.29, 0.717) is 48.6 Å². The van der Waals surface area contributed by atoms with Crippen molar-refractivity contribution in [3.63, 3.8) is 0 Å². The smallest absolute Gasteiger partial charge is 0.261 e. The Labute approximate surface area is 187 Å². The Morgan fingerprint density at radius 1 is 1.09 bits per heavy atom. The number of piperidine rings is 1. The number of hydrogen-bond donors (Lipinski definition) is 1. The van der Waals surface area contributed by atoms with E-state index in [2.05, 4.69) is 10.3 Å². The summed E-state index contributed by atoms with van der Waals surface area (Å²) in [7, 11) is 0. The highest BCUT2D eigenvalue weighted by atomic mass is 19.1. The van der Waals surface area contributed by atoms with Crippen molar-refractivity contribution in [1.29, 1.82) is 0 Å². The summed E-state index contributed by atoms with van der Waals surface area (Å²) in [5.41, 5.74) is 0.535. The molecule has 2 amide bonds. The summed E-state index contributed by atoms with van der Waals surface area (Å²) < 4.78 is 25.3. The lowest BCUT2D eigenvalue weighted by atomic mass is 9.95. The van der Waals surface area contributed by atoms with E-state index in [9.17, 15) is 18.8 Å². The zero-order valence-electron chi connectivity index (χ0n) is 17.6. The average molecular weight is 452 g/mol. The number of rotatable bonds is 4. The molecule has 3 aromatic rings. The third-order valence-electron chi connectivity index (χ3n) is 5.95. The maximum Gasteiger partial charge on any atom is 0.261 e. The van der Waals surface area contributed by atoms with Crippen LogP contribution in [0.2, 0.25) is 0 Å². The maximum atomic E-state index is 13.5. The number of amides is 2. The Morgan fingerprint density at radius 3 is 2.70 bits per heavy atom. The van der Waals surface area contributed by atoms with Crippen LogP contribution in [0, 0.1) is 11.7 Å². The largest absolute Gasteiger partial charge is 0.454 e. The summed E-state index contributed by atoms with van der Waals surface area (Å²) in [4.78, 5) is 43.8. The van der Waals surface area contributed by atoms with Gasteiger partial charge in [0.25, 0.3) is 5.56 Å². The van der Waals surface area contributed by atoms with Gasteiger partial charge in [-0.1, -0.05) is 0 Å². The second-order valence-electron chi connectivity index (χ2n) is 8.05. The first-order valence-electron chi connectivity index (χ1n) is 10.6. The first kappa shape index (κ1) is 20.9. The third-order valence-corrected chi connectivity index (χ3v) is 5.95. The quantitative estimate of drug-likeness (QED) is 0.651.